The van der Waals surface area contributed by atoms with Crippen LogP contribution in [0.4, 0.5) is 0 Å². The van der Waals surface area contributed by atoms with Crippen molar-refractivity contribution in [3.63, 3.8) is 0 Å². The monoisotopic (exact) mass is 298 g/mol. The Morgan fingerprint density at radius 2 is 1.95 bits per heavy atom. The van der Waals surface area contributed by atoms with Crippen LogP contribution in [0.5, 0.6) is 5.75 Å². The Labute approximate surface area is 129 Å². The van der Waals surface area contributed by atoms with Gasteiger partial charge in [-0.05, 0) is 29.7 Å². The van der Waals surface area contributed by atoms with Crippen LogP contribution in [0.25, 0.3) is 5.57 Å². The van der Waals surface area contributed by atoms with Gasteiger partial charge in [0, 0.05) is 0 Å². The molecule has 4 heteroatoms. The number of aryl methyl sites for hydroxylation is 1. The summed E-state index contributed by atoms with van der Waals surface area (Å²) in [5, 5.41) is 10.7. The highest BCUT2D eigenvalue weighted by molar-refractivity contribution is 6.25. The highest BCUT2D eigenvalue weighted by Crippen LogP contribution is 2.51. The molecule has 1 saturated heterocycles. The van der Waals surface area contributed by atoms with Crippen LogP contribution in [-0.4, -0.2) is 30.2 Å². The van der Waals surface area contributed by atoms with Crippen LogP contribution < -0.4 is 4.74 Å². The Bertz CT molecular complexity index is 716. The summed E-state index contributed by atoms with van der Waals surface area (Å²) in [6.07, 6.45) is 4.31. The SMILES string of the molecule is CCc1ccc(OC)cc1C1=C(O)C2C(C1=O)[C@@H]1C=C[C@H]2O1. The van der Waals surface area contributed by atoms with Crippen molar-refractivity contribution in [2.24, 2.45) is 11.8 Å². The summed E-state index contributed by atoms with van der Waals surface area (Å²) in [6, 6.07) is 5.69. The number of carbonyl (C=O) groups excluding carboxylic acids is 1. The van der Waals surface area contributed by atoms with Crippen LogP contribution in [-0.2, 0) is 16.0 Å². The molecule has 22 heavy (non-hydrogen) atoms. The van der Waals surface area contributed by atoms with Crippen molar-refractivity contribution in [2.45, 2.75) is 25.6 Å². The van der Waals surface area contributed by atoms with Crippen molar-refractivity contribution < 1.29 is 19.4 Å². The summed E-state index contributed by atoms with van der Waals surface area (Å²) in [4.78, 5) is 12.9. The molecule has 2 unspecified atom stereocenters. The van der Waals surface area contributed by atoms with E-state index in [-0.39, 0.29) is 35.6 Å². The lowest BCUT2D eigenvalue weighted by Gasteiger charge is -2.15. The maximum atomic E-state index is 12.9. The number of rotatable bonds is 3. The van der Waals surface area contributed by atoms with Gasteiger partial charge in [-0.15, -0.1) is 0 Å². The van der Waals surface area contributed by atoms with Gasteiger partial charge in [0.25, 0.3) is 0 Å². The topological polar surface area (TPSA) is 55.8 Å². The predicted octanol–water partition coefficient (Wildman–Crippen LogP) is 2.68. The van der Waals surface area contributed by atoms with E-state index >= 15 is 0 Å². The minimum absolute atomic E-state index is 0.0118. The van der Waals surface area contributed by atoms with E-state index < -0.39 is 0 Å². The lowest BCUT2D eigenvalue weighted by molar-refractivity contribution is -0.118. The molecule has 4 rings (SSSR count). The zero-order valence-corrected chi connectivity index (χ0v) is 12.6. The molecular formula is C18H18O4. The average Bonchev–Trinajstić information content (AvgIpc) is 3.21. The Kier molecular flexibility index (Phi) is 2.91. The fourth-order valence-corrected chi connectivity index (χ4v) is 3.90. The van der Waals surface area contributed by atoms with E-state index in [1.807, 2.05) is 37.3 Å². The molecular weight excluding hydrogens is 280 g/mol. The van der Waals surface area contributed by atoms with Gasteiger partial charge in [0.1, 0.15) is 11.5 Å². The van der Waals surface area contributed by atoms with Crippen molar-refractivity contribution in [3.8, 4) is 5.75 Å². The van der Waals surface area contributed by atoms with Crippen LogP contribution >= 0.6 is 0 Å². The lowest BCUT2D eigenvalue weighted by Crippen LogP contribution is -2.26. The zero-order valence-electron chi connectivity index (χ0n) is 12.6. The number of carbonyl (C=O) groups is 1. The third kappa shape index (κ3) is 1.64. The molecule has 3 aliphatic rings. The number of allylic oxidation sites excluding steroid dienone is 1. The van der Waals surface area contributed by atoms with Gasteiger partial charge in [-0.3, -0.25) is 4.79 Å². The van der Waals surface area contributed by atoms with E-state index in [2.05, 4.69) is 0 Å². The molecule has 2 aliphatic heterocycles. The Morgan fingerprint density at radius 3 is 2.59 bits per heavy atom. The molecule has 2 bridgehead atoms. The third-order valence-corrected chi connectivity index (χ3v) is 4.99. The van der Waals surface area contributed by atoms with Crippen LogP contribution in [0.3, 0.4) is 0 Å². The molecule has 4 atom stereocenters. The number of benzene rings is 1. The normalized spacial score (nSPS) is 32.0. The van der Waals surface area contributed by atoms with E-state index in [1.165, 1.54) is 0 Å². The van der Waals surface area contributed by atoms with Crippen LogP contribution in [0.15, 0.2) is 36.1 Å². The Hall–Kier alpha value is -2.07. The second kappa shape index (κ2) is 4.71. The van der Waals surface area contributed by atoms with E-state index in [0.29, 0.717) is 11.3 Å². The summed E-state index contributed by atoms with van der Waals surface area (Å²) >= 11 is 0. The lowest BCUT2D eigenvalue weighted by atomic mass is 9.84. The summed E-state index contributed by atoms with van der Waals surface area (Å²) in [5.41, 5.74) is 2.28. The molecule has 0 aromatic heterocycles. The fraction of sp³-hybridized carbons (Fsp3) is 0.389. The Balaban J connectivity index is 1.85. The molecule has 0 saturated carbocycles. The number of aliphatic hydroxyl groups is 1. The molecule has 0 spiro atoms. The molecule has 1 aromatic carbocycles. The standard InChI is InChI=1S/C18H18O4/c1-3-9-4-5-10(21-2)8-11(9)14-17(19)15-12-6-7-13(22-12)16(15)18(14)20/h4-8,12-13,15-16,19H,3H2,1-2H3/t12-,13+,15?,16?/m1/s1. The van der Waals surface area contributed by atoms with Crippen LogP contribution in [0.2, 0.25) is 0 Å². The van der Waals surface area contributed by atoms with Gasteiger partial charge in [0.2, 0.25) is 0 Å². The van der Waals surface area contributed by atoms with E-state index in [4.69, 9.17) is 9.47 Å². The quantitative estimate of drug-likeness (QED) is 0.872. The van der Waals surface area contributed by atoms with E-state index in [9.17, 15) is 9.90 Å². The number of fused-ring (bicyclic) bond motifs is 5. The van der Waals surface area contributed by atoms with Crippen molar-refractivity contribution in [1.82, 2.24) is 0 Å². The van der Waals surface area contributed by atoms with Crippen molar-refractivity contribution in [2.75, 3.05) is 7.11 Å². The highest BCUT2D eigenvalue weighted by atomic mass is 16.5. The number of hydrogen-bond acceptors (Lipinski definition) is 4. The molecule has 2 heterocycles. The first-order valence-electron chi connectivity index (χ1n) is 7.64. The van der Waals surface area contributed by atoms with Crippen molar-refractivity contribution >= 4 is 11.4 Å². The molecule has 1 aliphatic carbocycles. The van der Waals surface area contributed by atoms with Gasteiger partial charge < -0.3 is 14.6 Å². The largest absolute Gasteiger partial charge is 0.511 e. The average molecular weight is 298 g/mol. The minimum Gasteiger partial charge on any atom is -0.511 e. The number of ketones is 1. The molecule has 1 fully saturated rings. The third-order valence-electron chi connectivity index (χ3n) is 4.99. The summed E-state index contributed by atoms with van der Waals surface area (Å²) in [5.74, 6) is 0.348. The molecule has 0 amide bonds. The number of hydrogen-bond donors (Lipinski definition) is 1. The predicted molar refractivity (Wildman–Crippen MR) is 81.7 cm³/mol. The fourth-order valence-electron chi connectivity index (χ4n) is 3.90. The van der Waals surface area contributed by atoms with Crippen LogP contribution in [0.1, 0.15) is 18.1 Å². The first kappa shape index (κ1) is 13.6. The van der Waals surface area contributed by atoms with Gasteiger partial charge in [0.05, 0.1) is 36.7 Å². The number of methoxy groups -OCH3 is 1. The van der Waals surface area contributed by atoms with Gasteiger partial charge >= 0.3 is 0 Å². The Morgan fingerprint density at radius 1 is 1.23 bits per heavy atom. The molecule has 1 aromatic rings. The van der Waals surface area contributed by atoms with Gasteiger partial charge in [-0.1, -0.05) is 25.1 Å². The summed E-state index contributed by atoms with van der Waals surface area (Å²) in [7, 11) is 1.60. The number of ether oxygens (including phenoxy) is 2. The maximum Gasteiger partial charge on any atom is 0.173 e. The van der Waals surface area contributed by atoms with E-state index in [1.54, 1.807) is 7.11 Å². The summed E-state index contributed by atoms with van der Waals surface area (Å²) in [6.45, 7) is 2.04. The van der Waals surface area contributed by atoms with Gasteiger partial charge in [-0.2, -0.15) is 0 Å². The molecule has 114 valence electrons. The first-order valence-corrected chi connectivity index (χ1v) is 7.64. The molecule has 0 radical (unpaired) electrons. The van der Waals surface area contributed by atoms with Gasteiger partial charge in [-0.25, -0.2) is 0 Å². The highest BCUT2D eigenvalue weighted by Gasteiger charge is 2.57. The second-order valence-corrected chi connectivity index (χ2v) is 6.00. The first-order chi connectivity index (χ1) is 10.7. The summed E-state index contributed by atoms with van der Waals surface area (Å²) < 4.78 is 11.0. The van der Waals surface area contributed by atoms with Gasteiger partial charge in [0.15, 0.2) is 5.78 Å². The molecule has 1 N–H and O–H groups in total. The number of aliphatic hydroxyl groups excluding tert-OH is 1. The van der Waals surface area contributed by atoms with Crippen molar-refractivity contribution in [3.05, 3.63) is 47.2 Å². The second-order valence-electron chi connectivity index (χ2n) is 6.00. The molecule has 4 nitrogen and oxygen atoms in total. The van der Waals surface area contributed by atoms with Crippen molar-refractivity contribution in [1.29, 1.82) is 0 Å². The minimum atomic E-state index is -0.277. The number of Topliss-reactive ketones (excluding diaryl/α,β-unsaturated/α-hetero) is 1. The smallest absolute Gasteiger partial charge is 0.173 e. The zero-order chi connectivity index (χ0) is 15.4. The maximum absolute atomic E-state index is 12.9. The van der Waals surface area contributed by atoms with E-state index in [0.717, 1.165) is 17.5 Å². The van der Waals surface area contributed by atoms with Crippen LogP contribution in [0, 0.1) is 11.8 Å².